The number of rotatable bonds is 4. The average Bonchev–Trinajstić information content (AvgIpc) is 2.45. The number of nitrogens with one attached hydrogen (secondary N) is 1. The van der Waals surface area contributed by atoms with Crippen LogP contribution in [0.5, 0.6) is 0 Å². The van der Waals surface area contributed by atoms with Crippen molar-refractivity contribution in [2.75, 3.05) is 11.8 Å². The molecule has 1 aromatic heterocycles. The summed E-state index contributed by atoms with van der Waals surface area (Å²) in [6.45, 7) is 0. The quantitative estimate of drug-likeness (QED) is 0.867. The van der Waals surface area contributed by atoms with E-state index in [0.29, 0.717) is 0 Å². The Hall–Kier alpha value is -2.55. The zero-order valence-corrected chi connectivity index (χ0v) is 12.0. The molecule has 2 rings (SSSR count). The molecule has 0 aliphatic heterocycles. The van der Waals surface area contributed by atoms with Crippen LogP contribution in [0.3, 0.4) is 0 Å². The summed E-state index contributed by atoms with van der Waals surface area (Å²) in [7, 11) is -3.40. The van der Waals surface area contributed by atoms with Gasteiger partial charge >= 0.3 is 5.97 Å². The molecule has 0 fully saturated rings. The summed E-state index contributed by atoms with van der Waals surface area (Å²) in [5.41, 5.74) is -0.156. The molecular formula is C13H10F2N2O4S. The van der Waals surface area contributed by atoms with Gasteiger partial charge in [-0.3, -0.25) is 4.72 Å². The van der Waals surface area contributed by atoms with E-state index in [0.717, 1.165) is 25.3 Å². The molecule has 1 aromatic carbocycles. The smallest absolute Gasteiger partial charge is 0.356 e. The van der Waals surface area contributed by atoms with Gasteiger partial charge < -0.3 is 4.74 Å². The van der Waals surface area contributed by atoms with Gasteiger partial charge in [-0.1, -0.05) is 12.1 Å². The van der Waals surface area contributed by atoms with Crippen molar-refractivity contribution in [1.29, 1.82) is 0 Å². The number of carbonyl (C=O) groups excluding carboxylic acids is 1. The lowest BCUT2D eigenvalue weighted by atomic mass is 10.3. The second-order valence-electron chi connectivity index (χ2n) is 4.06. The first-order chi connectivity index (χ1) is 10.3. The lowest BCUT2D eigenvalue weighted by Crippen LogP contribution is -2.18. The van der Waals surface area contributed by atoms with Crippen molar-refractivity contribution in [2.45, 2.75) is 4.90 Å². The molecule has 0 bridgehead atoms. The van der Waals surface area contributed by atoms with Crippen LogP contribution in [-0.4, -0.2) is 26.5 Å². The van der Waals surface area contributed by atoms with Crippen molar-refractivity contribution in [1.82, 2.24) is 4.98 Å². The molecule has 0 spiro atoms. The molecule has 0 aliphatic carbocycles. The molecule has 0 amide bonds. The van der Waals surface area contributed by atoms with Gasteiger partial charge in [0, 0.05) is 0 Å². The fourth-order valence-electron chi connectivity index (χ4n) is 1.64. The Labute approximate surface area is 124 Å². The van der Waals surface area contributed by atoms with Gasteiger partial charge in [0.15, 0.2) is 10.6 Å². The lowest BCUT2D eigenvalue weighted by Gasteiger charge is -2.09. The molecule has 1 N–H and O–H groups in total. The first-order valence-corrected chi connectivity index (χ1v) is 7.35. The van der Waals surface area contributed by atoms with Gasteiger partial charge in [-0.05, 0) is 24.3 Å². The molecule has 0 saturated heterocycles. The Morgan fingerprint density at radius 3 is 2.32 bits per heavy atom. The summed E-state index contributed by atoms with van der Waals surface area (Å²) in [5, 5.41) is 0. The summed E-state index contributed by atoms with van der Waals surface area (Å²) >= 11 is 0. The number of anilines is 1. The highest BCUT2D eigenvalue weighted by molar-refractivity contribution is 7.92. The van der Waals surface area contributed by atoms with E-state index in [2.05, 4.69) is 9.72 Å². The maximum atomic E-state index is 13.6. The van der Waals surface area contributed by atoms with Gasteiger partial charge in [-0.15, -0.1) is 0 Å². The number of ether oxygens (including phenoxy) is 1. The maximum Gasteiger partial charge on any atom is 0.356 e. The summed E-state index contributed by atoms with van der Waals surface area (Å²) in [6, 6.07) is 6.54. The maximum absolute atomic E-state index is 13.6. The van der Waals surface area contributed by atoms with Crippen LogP contribution in [0.4, 0.5) is 14.6 Å². The SMILES string of the molecule is COC(=O)c1cccc(NS(=O)(=O)c2c(F)cccc2F)n1. The number of hydrogen-bond donors (Lipinski definition) is 1. The number of halogens is 2. The van der Waals surface area contributed by atoms with Crippen LogP contribution >= 0.6 is 0 Å². The standard InChI is InChI=1S/C13H10F2N2O4S/c1-21-13(18)10-6-3-7-11(16-10)17-22(19,20)12-8(14)4-2-5-9(12)15/h2-7H,1H3,(H,16,17). The van der Waals surface area contributed by atoms with E-state index in [1.807, 2.05) is 4.72 Å². The van der Waals surface area contributed by atoms with Crippen molar-refractivity contribution < 1.29 is 26.7 Å². The fourth-order valence-corrected chi connectivity index (χ4v) is 2.78. The van der Waals surface area contributed by atoms with Crippen LogP contribution in [0.1, 0.15) is 10.5 Å². The van der Waals surface area contributed by atoms with Crippen molar-refractivity contribution >= 4 is 21.8 Å². The number of sulfonamides is 1. The second kappa shape index (κ2) is 6.06. The highest BCUT2D eigenvalue weighted by Gasteiger charge is 2.24. The van der Waals surface area contributed by atoms with Crippen molar-refractivity contribution in [3.63, 3.8) is 0 Å². The monoisotopic (exact) mass is 328 g/mol. The summed E-state index contributed by atoms with van der Waals surface area (Å²) in [5.74, 6) is -3.53. The number of pyridine rings is 1. The van der Waals surface area contributed by atoms with E-state index < -0.39 is 32.5 Å². The minimum atomic E-state index is -4.54. The van der Waals surface area contributed by atoms with Gasteiger partial charge in [-0.25, -0.2) is 27.0 Å². The molecule has 0 radical (unpaired) electrons. The van der Waals surface area contributed by atoms with Gasteiger partial charge in [0.05, 0.1) is 7.11 Å². The van der Waals surface area contributed by atoms with Crippen LogP contribution in [0, 0.1) is 11.6 Å². The Kier molecular flexibility index (Phi) is 4.36. The molecule has 0 unspecified atom stereocenters. The summed E-state index contributed by atoms with van der Waals surface area (Å²) in [6.07, 6.45) is 0. The second-order valence-corrected chi connectivity index (χ2v) is 5.68. The van der Waals surface area contributed by atoms with Crippen LogP contribution in [0.25, 0.3) is 0 Å². The molecule has 0 atom stereocenters. The Morgan fingerprint density at radius 2 is 1.73 bits per heavy atom. The zero-order valence-electron chi connectivity index (χ0n) is 11.2. The van der Waals surface area contributed by atoms with Crippen molar-refractivity contribution in [3.05, 3.63) is 53.7 Å². The molecular weight excluding hydrogens is 318 g/mol. The number of aromatic nitrogens is 1. The van der Waals surface area contributed by atoms with Gasteiger partial charge in [0.2, 0.25) is 0 Å². The van der Waals surface area contributed by atoms with Crippen LogP contribution in [-0.2, 0) is 14.8 Å². The largest absolute Gasteiger partial charge is 0.464 e. The summed E-state index contributed by atoms with van der Waals surface area (Å²) < 4.78 is 57.6. The lowest BCUT2D eigenvalue weighted by molar-refractivity contribution is 0.0594. The van der Waals surface area contributed by atoms with E-state index >= 15 is 0 Å². The minimum Gasteiger partial charge on any atom is -0.464 e. The van der Waals surface area contributed by atoms with Gasteiger partial charge in [-0.2, -0.15) is 0 Å². The highest BCUT2D eigenvalue weighted by atomic mass is 32.2. The third kappa shape index (κ3) is 3.19. The first-order valence-electron chi connectivity index (χ1n) is 5.87. The molecule has 116 valence electrons. The van der Waals surface area contributed by atoms with Gasteiger partial charge in [0.1, 0.15) is 17.5 Å². The average molecular weight is 328 g/mol. The van der Waals surface area contributed by atoms with E-state index in [1.165, 1.54) is 18.2 Å². The van der Waals surface area contributed by atoms with E-state index in [-0.39, 0.29) is 11.5 Å². The number of nitrogens with zero attached hydrogens (tertiary/aromatic N) is 1. The van der Waals surface area contributed by atoms with Crippen LogP contribution in [0.2, 0.25) is 0 Å². The van der Waals surface area contributed by atoms with Crippen molar-refractivity contribution in [2.24, 2.45) is 0 Å². The minimum absolute atomic E-state index is 0.156. The third-order valence-electron chi connectivity index (χ3n) is 2.57. The molecule has 6 nitrogen and oxygen atoms in total. The Morgan fingerprint density at radius 1 is 1.14 bits per heavy atom. The number of benzene rings is 1. The first kappa shape index (κ1) is 15.8. The topological polar surface area (TPSA) is 85.4 Å². The number of methoxy groups -OCH3 is 1. The Bertz CT molecular complexity index is 804. The molecule has 2 aromatic rings. The molecule has 0 aliphatic rings. The number of hydrogen-bond acceptors (Lipinski definition) is 5. The third-order valence-corrected chi connectivity index (χ3v) is 3.98. The zero-order chi connectivity index (χ0) is 16.3. The van der Waals surface area contributed by atoms with E-state index in [9.17, 15) is 22.0 Å². The van der Waals surface area contributed by atoms with E-state index in [1.54, 1.807) is 0 Å². The van der Waals surface area contributed by atoms with Crippen molar-refractivity contribution in [3.8, 4) is 0 Å². The van der Waals surface area contributed by atoms with Crippen LogP contribution < -0.4 is 4.72 Å². The highest BCUT2D eigenvalue weighted by Crippen LogP contribution is 2.21. The predicted octanol–water partition coefficient (Wildman–Crippen LogP) is 1.95. The van der Waals surface area contributed by atoms with Crippen LogP contribution in [0.15, 0.2) is 41.3 Å². The fraction of sp³-hybridized carbons (Fsp3) is 0.0769. The predicted molar refractivity (Wildman–Crippen MR) is 72.7 cm³/mol. The Balaban J connectivity index is 2.40. The molecule has 9 heteroatoms. The molecule has 22 heavy (non-hydrogen) atoms. The molecule has 1 heterocycles. The normalized spacial score (nSPS) is 11.0. The van der Waals surface area contributed by atoms with Gasteiger partial charge in [0.25, 0.3) is 10.0 Å². The summed E-state index contributed by atoms with van der Waals surface area (Å²) in [4.78, 5) is 13.9. The molecule has 0 saturated carbocycles. The number of esters is 1. The number of carbonyl (C=O) groups is 1. The van der Waals surface area contributed by atoms with E-state index in [4.69, 9.17) is 0 Å².